The molecule has 1 aromatic heterocycles. The summed E-state index contributed by atoms with van der Waals surface area (Å²) in [5.41, 5.74) is 5.90. The summed E-state index contributed by atoms with van der Waals surface area (Å²) in [6, 6.07) is 7.49. The molecule has 0 bridgehead atoms. The van der Waals surface area contributed by atoms with Crippen LogP contribution in [0.4, 0.5) is 5.13 Å². The van der Waals surface area contributed by atoms with Gasteiger partial charge in [0, 0.05) is 12.4 Å². The lowest BCUT2D eigenvalue weighted by Crippen LogP contribution is -2.41. The molecule has 0 saturated heterocycles. The third-order valence-electron chi connectivity index (χ3n) is 3.13. The number of nitrogens with two attached hydrogens (primary N) is 1. The molecule has 7 heteroatoms. The lowest BCUT2D eigenvalue weighted by Gasteiger charge is -2.29. The number of amides is 1. The van der Waals surface area contributed by atoms with Gasteiger partial charge in [0.15, 0.2) is 22.7 Å². The number of para-hydroxylation sites is 2. The fraction of sp³-hybridized carbons (Fsp3) is 0.286. The van der Waals surface area contributed by atoms with Crippen molar-refractivity contribution in [2.24, 2.45) is 0 Å². The normalized spacial score (nSPS) is 16.5. The molecule has 1 atom stereocenters. The van der Waals surface area contributed by atoms with Gasteiger partial charge in [-0.05, 0) is 12.1 Å². The molecular formula is C14H15N3O3S. The van der Waals surface area contributed by atoms with Gasteiger partial charge in [-0.15, -0.1) is 11.3 Å². The second-order valence-corrected chi connectivity index (χ2v) is 5.64. The predicted octanol–water partition coefficient (Wildman–Crippen LogP) is 1.64. The van der Waals surface area contributed by atoms with Crippen LogP contribution >= 0.6 is 11.3 Å². The number of ether oxygens (including phenoxy) is 2. The van der Waals surface area contributed by atoms with E-state index in [4.69, 9.17) is 15.2 Å². The summed E-state index contributed by atoms with van der Waals surface area (Å²) in [5.74, 6) is 1.26. The van der Waals surface area contributed by atoms with Gasteiger partial charge in [-0.3, -0.25) is 4.79 Å². The number of carbonyl (C=O) groups is 1. The molecular weight excluding hydrogens is 290 g/mol. The average molecular weight is 305 g/mol. The first kappa shape index (κ1) is 13.7. The van der Waals surface area contributed by atoms with Crippen molar-refractivity contribution >= 4 is 22.4 Å². The van der Waals surface area contributed by atoms with Crippen LogP contribution < -0.4 is 15.2 Å². The van der Waals surface area contributed by atoms with E-state index in [1.165, 1.54) is 11.3 Å². The van der Waals surface area contributed by atoms with Gasteiger partial charge in [0.1, 0.15) is 12.3 Å². The number of hydrogen-bond donors (Lipinski definition) is 1. The number of nitrogen functional groups attached to an aromatic ring is 1. The number of aromatic nitrogens is 1. The third kappa shape index (κ3) is 2.92. The van der Waals surface area contributed by atoms with E-state index in [0.29, 0.717) is 29.7 Å². The van der Waals surface area contributed by atoms with Crippen LogP contribution in [0.5, 0.6) is 11.5 Å². The number of carbonyl (C=O) groups excluding carboxylic acids is 1. The number of thiazole rings is 1. The number of anilines is 1. The molecule has 2 N–H and O–H groups in total. The maximum absolute atomic E-state index is 12.2. The van der Waals surface area contributed by atoms with Crippen molar-refractivity contribution in [3.8, 4) is 11.5 Å². The molecule has 2 aromatic rings. The highest BCUT2D eigenvalue weighted by Crippen LogP contribution is 2.31. The van der Waals surface area contributed by atoms with E-state index in [1.807, 2.05) is 24.3 Å². The smallest absolute Gasteiger partial charge is 0.273 e. The number of fused-ring (bicyclic) bond motifs is 1. The molecule has 0 spiro atoms. The molecule has 2 heterocycles. The largest absolute Gasteiger partial charge is 0.486 e. The van der Waals surface area contributed by atoms with Crippen LogP contribution in [-0.4, -0.2) is 42.1 Å². The zero-order chi connectivity index (χ0) is 14.8. The molecule has 0 saturated carbocycles. The summed E-state index contributed by atoms with van der Waals surface area (Å²) in [4.78, 5) is 17.8. The highest BCUT2D eigenvalue weighted by atomic mass is 32.1. The lowest BCUT2D eigenvalue weighted by molar-refractivity contribution is 0.0518. The van der Waals surface area contributed by atoms with Crippen molar-refractivity contribution in [3.63, 3.8) is 0 Å². The average Bonchev–Trinajstić information content (AvgIpc) is 2.93. The minimum Gasteiger partial charge on any atom is -0.486 e. The summed E-state index contributed by atoms with van der Waals surface area (Å²) < 4.78 is 11.5. The summed E-state index contributed by atoms with van der Waals surface area (Å²) in [6.45, 7) is 0.832. The topological polar surface area (TPSA) is 77.7 Å². The molecule has 0 aliphatic carbocycles. The Morgan fingerprint density at radius 3 is 2.95 bits per heavy atom. The van der Waals surface area contributed by atoms with Crippen LogP contribution in [0.15, 0.2) is 29.6 Å². The maximum atomic E-state index is 12.2. The molecule has 21 heavy (non-hydrogen) atoms. The molecule has 1 amide bonds. The van der Waals surface area contributed by atoms with Gasteiger partial charge in [-0.1, -0.05) is 12.1 Å². The number of hydrogen-bond acceptors (Lipinski definition) is 6. The minimum atomic E-state index is -0.204. The van der Waals surface area contributed by atoms with E-state index in [1.54, 1.807) is 17.3 Å². The molecule has 1 aromatic carbocycles. The Morgan fingerprint density at radius 1 is 1.48 bits per heavy atom. The fourth-order valence-electron chi connectivity index (χ4n) is 2.12. The maximum Gasteiger partial charge on any atom is 0.273 e. The van der Waals surface area contributed by atoms with E-state index >= 15 is 0 Å². The second-order valence-electron chi connectivity index (χ2n) is 4.75. The minimum absolute atomic E-state index is 0.176. The van der Waals surface area contributed by atoms with Gasteiger partial charge < -0.3 is 20.1 Å². The molecule has 1 aliphatic rings. The molecule has 110 valence electrons. The second kappa shape index (κ2) is 5.61. The van der Waals surface area contributed by atoms with Crippen LogP contribution in [0.25, 0.3) is 0 Å². The Kier molecular flexibility index (Phi) is 3.66. The van der Waals surface area contributed by atoms with Crippen LogP contribution in [0.1, 0.15) is 10.5 Å². The van der Waals surface area contributed by atoms with Crippen molar-refractivity contribution in [2.75, 3.05) is 25.9 Å². The zero-order valence-electron chi connectivity index (χ0n) is 11.5. The molecule has 6 nitrogen and oxygen atoms in total. The number of likely N-dealkylation sites (N-methyl/N-ethyl adjacent to an activating group) is 1. The van der Waals surface area contributed by atoms with Gasteiger partial charge in [-0.25, -0.2) is 4.98 Å². The molecule has 0 fully saturated rings. The molecule has 0 radical (unpaired) electrons. The van der Waals surface area contributed by atoms with Crippen LogP contribution in [0.3, 0.4) is 0 Å². The quantitative estimate of drug-likeness (QED) is 0.932. The standard InChI is InChI=1S/C14H15N3O3S/c1-17(13(18)10-8-21-14(15)16-10)6-9-7-19-11-4-2-3-5-12(11)20-9/h2-5,8-9H,6-7H2,1H3,(H2,15,16). The predicted molar refractivity (Wildman–Crippen MR) is 79.8 cm³/mol. The summed E-state index contributed by atoms with van der Waals surface area (Å²) in [5, 5.41) is 2.04. The third-order valence-corrected chi connectivity index (χ3v) is 3.81. The SMILES string of the molecule is CN(CC1COc2ccccc2O1)C(=O)c1csc(N)n1. The first-order chi connectivity index (χ1) is 10.1. The lowest BCUT2D eigenvalue weighted by atomic mass is 10.2. The first-order valence-corrected chi connectivity index (χ1v) is 7.36. The van der Waals surface area contributed by atoms with Gasteiger partial charge in [0.2, 0.25) is 0 Å². The van der Waals surface area contributed by atoms with E-state index in [0.717, 1.165) is 5.75 Å². The van der Waals surface area contributed by atoms with Crippen LogP contribution in [0, 0.1) is 0 Å². The number of nitrogens with zero attached hydrogens (tertiary/aromatic N) is 2. The van der Waals surface area contributed by atoms with Crippen molar-refractivity contribution in [2.45, 2.75) is 6.10 Å². The zero-order valence-corrected chi connectivity index (χ0v) is 12.3. The first-order valence-electron chi connectivity index (χ1n) is 6.48. The summed E-state index contributed by atoms with van der Waals surface area (Å²) in [6.07, 6.45) is -0.204. The monoisotopic (exact) mass is 305 g/mol. The highest BCUT2D eigenvalue weighted by molar-refractivity contribution is 7.13. The van der Waals surface area contributed by atoms with Crippen molar-refractivity contribution in [1.82, 2.24) is 9.88 Å². The van der Waals surface area contributed by atoms with Crippen molar-refractivity contribution in [3.05, 3.63) is 35.3 Å². The van der Waals surface area contributed by atoms with Gasteiger partial charge in [0.25, 0.3) is 5.91 Å². The summed E-state index contributed by atoms with van der Waals surface area (Å²) in [7, 11) is 1.71. The fourth-order valence-corrected chi connectivity index (χ4v) is 2.66. The Balaban J connectivity index is 1.63. The van der Waals surface area contributed by atoms with Crippen molar-refractivity contribution < 1.29 is 14.3 Å². The highest BCUT2D eigenvalue weighted by Gasteiger charge is 2.24. The van der Waals surface area contributed by atoms with Gasteiger partial charge in [0.05, 0.1) is 6.54 Å². The summed E-state index contributed by atoms with van der Waals surface area (Å²) >= 11 is 1.25. The van der Waals surface area contributed by atoms with E-state index in [-0.39, 0.29) is 12.0 Å². The Labute approximate surface area is 126 Å². The Morgan fingerprint density at radius 2 is 2.24 bits per heavy atom. The number of benzene rings is 1. The van der Waals surface area contributed by atoms with Gasteiger partial charge in [-0.2, -0.15) is 0 Å². The molecule has 1 unspecified atom stereocenters. The van der Waals surface area contributed by atoms with Crippen LogP contribution in [-0.2, 0) is 0 Å². The molecule has 1 aliphatic heterocycles. The Hall–Kier alpha value is -2.28. The van der Waals surface area contributed by atoms with Crippen molar-refractivity contribution in [1.29, 1.82) is 0 Å². The van der Waals surface area contributed by atoms with E-state index in [2.05, 4.69) is 4.98 Å². The van der Waals surface area contributed by atoms with E-state index in [9.17, 15) is 4.79 Å². The molecule has 3 rings (SSSR count). The van der Waals surface area contributed by atoms with E-state index < -0.39 is 0 Å². The Bertz CT molecular complexity index is 658. The number of rotatable bonds is 3. The van der Waals surface area contributed by atoms with Crippen LogP contribution in [0.2, 0.25) is 0 Å². The van der Waals surface area contributed by atoms with Gasteiger partial charge >= 0.3 is 0 Å².